The van der Waals surface area contributed by atoms with E-state index in [1.54, 1.807) is 14.0 Å². The second kappa shape index (κ2) is 3.62. The Kier molecular flexibility index (Phi) is 3.53. The van der Waals surface area contributed by atoms with Gasteiger partial charge in [0, 0.05) is 6.04 Å². The standard InChI is InChI=1S/C7H14F3NO/c1-5(11-3)4-6(2,12)7(8,9)10/h5,11-12H,4H2,1-3H3. The fraction of sp³-hybridized carbons (Fsp3) is 1.00. The molecule has 0 aliphatic heterocycles. The summed E-state index contributed by atoms with van der Waals surface area (Å²) in [6.45, 7) is 2.36. The van der Waals surface area contributed by atoms with E-state index >= 15 is 0 Å². The second-order valence-electron chi connectivity index (χ2n) is 3.17. The molecule has 2 unspecified atom stereocenters. The highest BCUT2D eigenvalue weighted by Gasteiger charge is 2.49. The Balaban J connectivity index is 4.22. The van der Waals surface area contributed by atoms with E-state index in [0.29, 0.717) is 0 Å². The van der Waals surface area contributed by atoms with Crippen LogP contribution >= 0.6 is 0 Å². The van der Waals surface area contributed by atoms with Crippen molar-refractivity contribution in [3.63, 3.8) is 0 Å². The molecule has 74 valence electrons. The third-order valence-corrected chi connectivity index (χ3v) is 1.81. The van der Waals surface area contributed by atoms with Crippen LogP contribution in [-0.2, 0) is 0 Å². The third-order valence-electron chi connectivity index (χ3n) is 1.81. The molecule has 0 aromatic heterocycles. The zero-order valence-corrected chi connectivity index (χ0v) is 7.37. The summed E-state index contributed by atoms with van der Waals surface area (Å²) < 4.78 is 36.2. The maximum absolute atomic E-state index is 12.1. The zero-order valence-electron chi connectivity index (χ0n) is 7.37. The molecule has 0 radical (unpaired) electrons. The van der Waals surface area contributed by atoms with Crippen LogP contribution in [0.3, 0.4) is 0 Å². The van der Waals surface area contributed by atoms with Crippen molar-refractivity contribution in [1.29, 1.82) is 0 Å². The van der Waals surface area contributed by atoms with E-state index in [9.17, 15) is 13.2 Å². The van der Waals surface area contributed by atoms with Crippen molar-refractivity contribution in [2.45, 2.75) is 38.1 Å². The average Bonchev–Trinajstić information content (AvgIpc) is 1.84. The molecule has 0 aromatic rings. The highest BCUT2D eigenvalue weighted by atomic mass is 19.4. The molecule has 12 heavy (non-hydrogen) atoms. The van der Waals surface area contributed by atoms with Crippen molar-refractivity contribution in [2.75, 3.05) is 7.05 Å². The SMILES string of the molecule is CNC(C)CC(C)(O)C(F)(F)F. The summed E-state index contributed by atoms with van der Waals surface area (Å²) in [7, 11) is 1.55. The largest absolute Gasteiger partial charge is 0.416 e. The summed E-state index contributed by atoms with van der Waals surface area (Å²) in [6.07, 6.45) is -4.90. The van der Waals surface area contributed by atoms with Gasteiger partial charge in [-0.1, -0.05) is 0 Å². The molecule has 0 aromatic carbocycles. The van der Waals surface area contributed by atoms with E-state index in [2.05, 4.69) is 5.32 Å². The first-order valence-electron chi connectivity index (χ1n) is 3.67. The molecule has 0 rings (SSSR count). The number of alkyl halides is 3. The van der Waals surface area contributed by atoms with E-state index in [1.807, 2.05) is 0 Å². The molecular formula is C7H14F3NO. The van der Waals surface area contributed by atoms with Gasteiger partial charge >= 0.3 is 6.18 Å². The molecule has 0 aliphatic rings. The van der Waals surface area contributed by atoms with E-state index in [4.69, 9.17) is 5.11 Å². The molecule has 0 heterocycles. The van der Waals surface area contributed by atoms with Crippen molar-refractivity contribution < 1.29 is 18.3 Å². The van der Waals surface area contributed by atoms with Crippen LogP contribution in [0, 0.1) is 0 Å². The molecule has 0 spiro atoms. The number of aliphatic hydroxyl groups is 1. The Morgan fingerprint density at radius 2 is 1.83 bits per heavy atom. The van der Waals surface area contributed by atoms with Crippen LogP contribution in [0.2, 0.25) is 0 Å². The first kappa shape index (κ1) is 11.7. The summed E-state index contributed by atoms with van der Waals surface area (Å²) in [5.74, 6) is 0. The third kappa shape index (κ3) is 2.98. The predicted molar refractivity (Wildman–Crippen MR) is 39.8 cm³/mol. The molecular weight excluding hydrogens is 171 g/mol. The minimum absolute atomic E-state index is 0.340. The Hall–Kier alpha value is -0.290. The van der Waals surface area contributed by atoms with Crippen LogP contribution in [-0.4, -0.2) is 30.0 Å². The van der Waals surface area contributed by atoms with Crippen molar-refractivity contribution in [1.82, 2.24) is 5.32 Å². The maximum atomic E-state index is 12.1. The van der Waals surface area contributed by atoms with E-state index in [1.165, 1.54) is 0 Å². The smallest absolute Gasteiger partial charge is 0.381 e. The minimum atomic E-state index is -4.56. The Morgan fingerprint density at radius 1 is 1.42 bits per heavy atom. The van der Waals surface area contributed by atoms with Crippen molar-refractivity contribution in [2.24, 2.45) is 0 Å². The van der Waals surface area contributed by atoms with Gasteiger partial charge in [0.15, 0.2) is 5.60 Å². The van der Waals surface area contributed by atoms with Gasteiger partial charge in [-0.15, -0.1) is 0 Å². The van der Waals surface area contributed by atoms with Crippen molar-refractivity contribution in [3.8, 4) is 0 Å². The summed E-state index contributed by atoms with van der Waals surface area (Å²) in [4.78, 5) is 0. The highest BCUT2D eigenvalue weighted by molar-refractivity contribution is 4.84. The number of hydrogen-bond donors (Lipinski definition) is 2. The number of nitrogens with one attached hydrogen (secondary N) is 1. The molecule has 0 saturated heterocycles. The van der Waals surface area contributed by atoms with Crippen LogP contribution in [0.15, 0.2) is 0 Å². The summed E-state index contributed by atoms with van der Waals surface area (Å²) in [6, 6.07) is -0.360. The number of hydrogen-bond acceptors (Lipinski definition) is 2. The fourth-order valence-corrected chi connectivity index (χ4v) is 0.814. The van der Waals surface area contributed by atoms with E-state index in [0.717, 1.165) is 6.92 Å². The van der Waals surface area contributed by atoms with E-state index in [-0.39, 0.29) is 12.5 Å². The lowest BCUT2D eigenvalue weighted by Gasteiger charge is -2.28. The summed E-state index contributed by atoms with van der Waals surface area (Å²) in [5, 5.41) is 11.6. The van der Waals surface area contributed by atoms with Crippen LogP contribution in [0.25, 0.3) is 0 Å². The average molecular weight is 185 g/mol. The molecule has 0 saturated carbocycles. The van der Waals surface area contributed by atoms with E-state index < -0.39 is 11.8 Å². The second-order valence-corrected chi connectivity index (χ2v) is 3.17. The first-order valence-corrected chi connectivity index (χ1v) is 3.67. The minimum Gasteiger partial charge on any atom is -0.381 e. The lowest BCUT2D eigenvalue weighted by atomic mass is 9.97. The topological polar surface area (TPSA) is 32.3 Å². The van der Waals surface area contributed by atoms with Crippen LogP contribution in [0.1, 0.15) is 20.3 Å². The van der Waals surface area contributed by atoms with Gasteiger partial charge in [0.05, 0.1) is 0 Å². The monoisotopic (exact) mass is 185 g/mol. The number of rotatable bonds is 3. The lowest BCUT2D eigenvalue weighted by Crippen LogP contribution is -2.46. The fourth-order valence-electron chi connectivity index (χ4n) is 0.814. The molecule has 5 heteroatoms. The molecule has 0 aliphatic carbocycles. The molecule has 2 atom stereocenters. The van der Waals surface area contributed by atoms with Gasteiger partial charge in [-0.2, -0.15) is 13.2 Å². The normalized spacial score (nSPS) is 20.2. The predicted octanol–water partition coefficient (Wildman–Crippen LogP) is 1.30. The molecule has 0 bridgehead atoms. The zero-order chi connectivity index (χ0) is 9.99. The van der Waals surface area contributed by atoms with Gasteiger partial charge in [-0.3, -0.25) is 0 Å². The Bertz CT molecular complexity index is 144. The van der Waals surface area contributed by atoms with Gasteiger partial charge in [0.1, 0.15) is 0 Å². The van der Waals surface area contributed by atoms with Gasteiger partial charge in [-0.25, -0.2) is 0 Å². The van der Waals surface area contributed by atoms with Gasteiger partial charge < -0.3 is 10.4 Å². The van der Waals surface area contributed by atoms with Crippen LogP contribution in [0.5, 0.6) is 0 Å². The molecule has 0 fully saturated rings. The lowest BCUT2D eigenvalue weighted by molar-refractivity contribution is -0.256. The quantitative estimate of drug-likeness (QED) is 0.694. The molecule has 0 amide bonds. The van der Waals surface area contributed by atoms with Gasteiger partial charge in [-0.05, 0) is 27.3 Å². The van der Waals surface area contributed by atoms with Crippen molar-refractivity contribution in [3.05, 3.63) is 0 Å². The van der Waals surface area contributed by atoms with Crippen LogP contribution in [0.4, 0.5) is 13.2 Å². The number of halogens is 3. The summed E-state index contributed by atoms with van der Waals surface area (Å²) >= 11 is 0. The Morgan fingerprint density at radius 3 is 2.08 bits per heavy atom. The van der Waals surface area contributed by atoms with Gasteiger partial charge in [0.2, 0.25) is 0 Å². The Labute approximate surface area is 69.8 Å². The summed E-state index contributed by atoms with van der Waals surface area (Å²) in [5.41, 5.74) is -2.60. The molecule has 2 nitrogen and oxygen atoms in total. The first-order chi connectivity index (χ1) is 5.20. The van der Waals surface area contributed by atoms with Crippen molar-refractivity contribution >= 4 is 0 Å². The van der Waals surface area contributed by atoms with Crippen LogP contribution < -0.4 is 5.32 Å². The highest BCUT2D eigenvalue weighted by Crippen LogP contribution is 2.33. The van der Waals surface area contributed by atoms with Gasteiger partial charge in [0.25, 0.3) is 0 Å². The maximum Gasteiger partial charge on any atom is 0.416 e. The molecule has 2 N–H and O–H groups in total.